The molecule has 0 aliphatic heterocycles. The molecule has 1 aromatic heterocycles. The first-order valence-corrected chi connectivity index (χ1v) is 4.80. The Kier molecular flexibility index (Phi) is 2.06. The third-order valence-electron chi connectivity index (χ3n) is 1.79. The third-order valence-corrected chi connectivity index (χ3v) is 3.21. The van der Waals surface area contributed by atoms with E-state index in [1.807, 2.05) is 0 Å². The number of carbonyl (C=O) groups is 1. The monoisotopic (exact) mass is 214 g/mol. The second kappa shape index (κ2) is 3.09. The number of aldehydes is 1. The number of rotatable bonds is 1. The van der Waals surface area contributed by atoms with Crippen LogP contribution < -0.4 is 0 Å². The lowest BCUT2D eigenvalue weighted by Crippen LogP contribution is -1.85. The molecule has 0 fully saturated rings. The van der Waals surface area contributed by atoms with Crippen molar-refractivity contribution < 1.29 is 9.18 Å². The molecule has 0 aliphatic rings. The van der Waals surface area contributed by atoms with E-state index in [1.54, 1.807) is 11.4 Å². The number of benzene rings is 1. The van der Waals surface area contributed by atoms with Gasteiger partial charge in [-0.2, -0.15) is 0 Å². The van der Waals surface area contributed by atoms with E-state index in [0.29, 0.717) is 21.9 Å². The van der Waals surface area contributed by atoms with Crippen molar-refractivity contribution in [3.05, 3.63) is 33.9 Å². The van der Waals surface area contributed by atoms with E-state index in [9.17, 15) is 9.18 Å². The maximum Gasteiger partial charge on any atom is 0.150 e. The van der Waals surface area contributed by atoms with Crippen molar-refractivity contribution in [3.63, 3.8) is 0 Å². The maximum absolute atomic E-state index is 13.1. The molecule has 2 rings (SSSR count). The Morgan fingerprint density at radius 3 is 3.00 bits per heavy atom. The van der Waals surface area contributed by atoms with Crippen LogP contribution in [0.15, 0.2) is 17.5 Å². The van der Waals surface area contributed by atoms with E-state index in [0.717, 1.165) is 6.07 Å². The summed E-state index contributed by atoms with van der Waals surface area (Å²) in [6.45, 7) is 0. The van der Waals surface area contributed by atoms with Crippen molar-refractivity contribution in [1.82, 2.24) is 0 Å². The van der Waals surface area contributed by atoms with Crippen molar-refractivity contribution in [1.29, 1.82) is 0 Å². The van der Waals surface area contributed by atoms with Gasteiger partial charge in [0.1, 0.15) is 5.82 Å². The average Bonchev–Trinajstić information content (AvgIpc) is 2.60. The fourth-order valence-electron chi connectivity index (χ4n) is 1.19. The lowest BCUT2D eigenvalue weighted by atomic mass is 10.1. The second-order valence-electron chi connectivity index (χ2n) is 2.54. The highest BCUT2D eigenvalue weighted by molar-refractivity contribution is 7.18. The first-order chi connectivity index (χ1) is 6.24. The first-order valence-electron chi connectivity index (χ1n) is 3.54. The van der Waals surface area contributed by atoms with E-state index in [-0.39, 0.29) is 5.02 Å². The minimum Gasteiger partial charge on any atom is -0.298 e. The van der Waals surface area contributed by atoms with Crippen LogP contribution in [-0.2, 0) is 0 Å². The van der Waals surface area contributed by atoms with Crippen molar-refractivity contribution in [2.75, 3.05) is 0 Å². The third kappa shape index (κ3) is 1.24. The lowest BCUT2D eigenvalue weighted by Gasteiger charge is -1.98. The zero-order valence-corrected chi connectivity index (χ0v) is 7.95. The summed E-state index contributed by atoms with van der Waals surface area (Å²) in [5.41, 5.74) is 0.346. The number of hydrogen-bond acceptors (Lipinski definition) is 2. The average molecular weight is 215 g/mol. The van der Waals surface area contributed by atoms with Crippen LogP contribution in [0.3, 0.4) is 0 Å². The Balaban J connectivity index is 2.95. The van der Waals surface area contributed by atoms with E-state index in [1.165, 1.54) is 11.3 Å². The lowest BCUT2D eigenvalue weighted by molar-refractivity contribution is 0.112. The van der Waals surface area contributed by atoms with Gasteiger partial charge in [0.05, 0.1) is 9.72 Å². The first kappa shape index (κ1) is 8.66. The molecule has 0 aliphatic carbocycles. The van der Waals surface area contributed by atoms with Crippen LogP contribution >= 0.6 is 22.9 Å². The van der Waals surface area contributed by atoms with Crippen LogP contribution in [0.25, 0.3) is 10.1 Å². The topological polar surface area (TPSA) is 17.1 Å². The van der Waals surface area contributed by atoms with E-state index in [4.69, 9.17) is 11.6 Å². The molecule has 13 heavy (non-hydrogen) atoms. The van der Waals surface area contributed by atoms with Crippen LogP contribution in [0.5, 0.6) is 0 Å². The Bertz CT molecular complexity index is 478. The fourth-order valence-corrected chi connectivity index (χ4v) is 2.33. The summed E-state index contributed by atoms with van der Waals surface area (Å²) in [4.78, 5) is 10.6. The van der Waals surface area contributed by atoms with Crippen molar-refractivity contribution in [3.8, 4) is 0 Å². The molecule has 2 aromatic rings. The molecule has 66 valence electrons. The highest BCUT2D eigenvalue weighted by Crippen LogP contribution is 2.32. The van der Waals surface area contributed by atoms with Crippen LogP contribution in [0.2, 0.25) is 5.02 Å². The number of fused-ring (bicyclic) bond motifs is 1. The molecular weight excluding hydrogens is 211 g/mol. The van der Waals surface area contributed by atoms with Crippen LogP contribution in [0.4, 0.5) is 4.39 Å². The molecule has 0 saturated heterocycles. The molecule has 4 heteroatoms. The molecule has 0 unspecified atom stereocenters. The van der Waals surface area contributed by atoms with E-state index >= 15 is 0 Å². The smallest absolute Gasteiger partial charge is 0.150 e. The highest BCUT2D eigenvalue weighted by atomic mass is 35.5. The summed E-state index contributed by atoms with van der Waals surface area (Å²) in [7, 11) is 0. The number of halogens is 2. The van der Waals surface area contributed by atoms with Gasteiger partial charge in [0, 0.05) is 10.9 Å². The molecule has 1 nitrogen and oxygen atoms in total. The molecule has 0 atom stereocenters. The summed E-state index contributed by atoms with van der Waals surface area (Å²) in [6, 6.07) is 2.92. The molecule has 0 saturated carbocycles. The van der Waals surface area contributed by atoms with Crippen LogP contribution in [0, 0.1) is 5.82 Å². The molecule has 0 amide bonds. The Hall–Kier alpha value is -0.930. The van der Waals surface area contributed by atoms with Gasteiger partial charge in [0.2, 0.25) is 0 Å². The summed E-state index contributed by atoms with van der Waals surface area (Å²) in [5, 5.41) is 2.59. The van der Waals surface area contributed by atoms with Crippen molar-refractivity contribution >= 4 is 39.3 Å². The maximum atomic E-state index is 13.1. The van der Waals surface area contributed by atoms with E-state index < -0.39 is 5.82 Å². The number of hydrogen-bond donors (Lipinski definition) is 0. The van der Waals surface area contributed by atoms with Crippen molar-refractivity contribution in [2.24, 2.45) is 0 Å². The predicted molar refractivity (Wildman–Crippen MR) is 52.2 cm³/mol. The fraction of sp³-hybridized carbons (Fsp3) is 0. The number of thiophene rings is 1. The Morgan fingerprint density at radius 2 is 2.31 bits per heavy atom. The normalized spacial score (nSPS) is 10.6. The summed E-state index contributed by atoms with van der Waals surface area (Å²) >= 11 is 7.04. The summed E-state index contributed by atoms with van der Waals surface area (Å²) < 4.78 is 13.7. The molecule has 0 spiro atoms. The summed E-state index contributed by atoms with van der Waals surface area (Å²) in [5.74, 6) is -0.543. The van der Waals surface area contributed by atoms with Gasteiger partial charge >= 0.3 is 0 Å². The van der Waals surface area contributed by atoms with Gasteiger partial charge in [-0.05, 0) is 17.5 Å². The van der Waals surface area contributed by atoms with Gasteiger partial charge in [-0.25, -0.2) is 4.39 Å². The van der Waals surface area contributed by atoms with Crippen LogP contribution in [-0.4, -0.2) is 6.29 Å². The Labute approximate surface area is 82.7 Å². The molecule has 1 heterocycles. The predicted octanol–water partition coefficient (Wildman–Crippen LogP) is 3.51. The molecule has 0 radical (unpaired) electrons. The van der Waals surface area contributed by atoms with E-state index in [2.05, 4.69) is 0 Å². The zero-order chi connectivity index (χ0) is 9.42. The molecule has 0 N–H and O–H groups in total. The zero-order valence-electron chi connectivity index (χ0n) is 6.38. The largest absolute Gasteiger partial charge is 0.298 e. The molecule has 0 bridgehead atoms. The summed E-state index contributed by atoms with van der Waals surface area (Å²) in [6.07, 6.45) is 0.633. The highest BCUT2D eigenvalue weighted by Gasteiger charge is 2.10. The van der Waals surface area contributed by atoms with Crippen LogP contribution in [0.1, 0.15) is 10.4 Å². The Morgan fingerprint density at radius 1 is 1.54 bits per heavy atom. The quantitative estimate of drug-likeness (QED) is 0.664. The van der Waals surface area contributed by atoms with Gasteiger partial charge in [-0.3, -0.25) is 4.79 Å². The molecular formula is C9H4ClFOS. The second-order valence-corrected chi connectivity index (χ2v) is 3.84. The molecule has 1 aromatic carbocycles. The van der Waals surface area contributed by atoms with Gasteiger partial charge < -0.3 is 0 Å². The van der Waals surface area contributed by atoms with Gasteiger partial charge in [0.25, 0.3) is 0 Å². The van der Waals surface area contributed by atoms with Crippen molar-refractivity contribution in [2.45, 2.75) is 0 Å². The number of carbonyl (C=O) groups excluding carboxylic acids is 1. The minimum atomic E-state index is -0.543. The van der Waals surface area contributed by atoms with Gasteiger partial charge in [-0.15, -0.1) is 11.3 Å². The SMILES string of the molecule is O=Cc1cc(F)c(Cl)c2sccc12. The minimum absolute atomic E-state index is 0.0931. The van der Waals surface area contributed by atoms with Gasteiger partial charge in [-0.1, -0.05) is 11.6 Å². The standard InChI is InChI=1S/C9H4ClFOS/c10-8-7(11)3-5(4-12)6-1-2-13-9(6)8/h1-4H. The van der Waals surface area contributed by atoms with Gasteiger partial charge in [0.15, 0.2) is 6.29 Å².